The fourth-order valence-electron chi connectivity index (χ4n) is 1.64. The number of nitrogens with one attached hydrogen (secondary N) is 1. The van der Waals surface area contributed by atoms with Crippen LogP contribution in [0.5, 0.6) is 0 Å². The fraction of sp³-hybridized carbons (Fsp3) is 0.400. The molecule has 0 spiro atoms. The van der Waals surface area contributed by atoms with E-state index in [-0.39, 0.29) is 5.88 Å². The molecule has 4 heteroatoms. The minimum absolute atomic E-state index is 0.274. The molecule has 2 N–H and O–H groups in total. The van der Waals surface area contributed by atoms with Crippen molar-refractivity contribution < 1.29 is 14.6 Å². The maximum Gasteiger partial charge on any atom is 0.326 e. The zero-order valence-electron chi connectivity index (χ0n) is 11.6. The van der Waals surface area contributed by atoms with Crippen molar-refractivity contribution in [2.24, 2.45) is 0 Å². The van der Waals surface area contributed by atoms with Crippen LogP contribution in [0, 0.1) is 0 Å². The Morgan fingerprint density at radius 2 is 1.95 bits per heavy atom. The first kappa shape index (κ1) is 15.1. The van der Waals surface area contributed by atoms with E-state index >= 15 is 0 Å². The van der Waals surface area contributed by atoms with Gasteiger partial charge in [0, 0.05) is 6.42 Å². The molecule has 4 nitrogen and oxygen atoms in total. The number of aliphatic carboxylic acids is 1. The van der Waals surface area contributed by atoms with E-state index < -0.39 is 17.6 Å². The van der Waals surface area contributed by atoms with Gasteiger partial charge in [-0.1, -0.05) is 30.3 Å². The van der Waals surface area contributed by atoms with Gasteiger partial charge in [0.2, 0.25) is 0 Å². The Morgan fingerprint density at radius 1 is 1.37 bits per heavy atom. The van der Waals surface area contributed by atoms with Gasteiger partial charge in [-0.15, -0.1) is 0 Å². The van der Waals surface area contributed by atoms with E-state index in [1.807, 2.05) is 51.1 Å². The van der Waals surface area contributed by atoms with Crippen LogP contribution in [0.4, 0.5) is 0 Å². The molecule has 1 aromatic rings. The van der Waals surface area contributed by atoms with Gasteiger partial charge in [-0.2, -0.15) is 0 Å². The highest BCUT2D eigenvalue weighted by Gasteiger charge is 2.20. The molecule has 0 radical (unpaired) electrons. The summed E-state index contributed by atoms with van der Waals surface area (Å²) in [5.41, 5.74) is 0.547. The molecular formula is C15H21NO3. The molecule has 0 heterocycles. The van der Waals surface area contributed by atoms with Gasteiger partial charge >= 0.3 is 5.97 Å². The number of ether oxygens (including phenoxy) is 1. The third-order valence-electron chi connectivity index (χ3n) is 2.35. The standard InChI is InChI=1S/C15H21NO3/c1-11(19-15(2,3)4)16-13(14(17)18)10-12-8-6-5-7-9-12/h5-9,13,16H,1,10H2,2-4H3,(H,17,18)/t13-/m0/s1. The first-order valence-electron chi connectivity index (χ1n) is 6.19. The third kappa shape index (κ3) is 5.95. The third-order valence-corrected chi connectivity index (χ3v) is 2.35. The normalized spacial score (nSPS) is 12.6. The second kappa shape index (κ2) is 6.27. The molecule has 104 valence electrons. The molecule has 1 atom stereocenters. The van der Waals surface area contributed by atoms with Gasteiger partial charge in [0.25, 0.3) is 0 Å². The van der Waals surface area contributed by atoms with Crippen LogP contribution in [0.15, 0.2) is 42.8 Å². The van der Waals surface area contributed by atoms with E-state index in [0.29, 0.717) is 6.42 Å². The summed E-state index contributed by atoms with van der Waals surface area (Å²) in [4.78, 5) is 11.2. The SMILES string of the molecule is C=C(N[C@@H](Cc1ccccc1)C(=O)O)OC(C)(C)C. The Kier molecular flexibility index (Phi) is 4.98. The van der Waals surface area contributed by atoms with Crippen molar-refractivity contribution in [3.63, 3.8) is 0 Å². The van der Waals surface area contributed by atoms with Gasteiger partial charge in [0.05, 0.1) is 0 Å². The summed E-state index contributed by atoms with van der Waals surface area (Å²) in [5, 5.41) is 12.0. The van der Waals surface area contributed by atoms with Gasteiger partial charge in [0.1, 0.15) is 11.6 Å². The highest BCUT2D eigenvalue weighted by molar-refractivity contribution is 5.74. The molecule has 0 fully saturated rings. The smallest absolute Gasteiger partial charge is 0.326 e. The average molecular weight is 263 g/mol. The maximum atomic E-state index is 11.2. The van der Waals surface area contributed by atoms with Crippen molar-refractivity contribution in [3.8, 4) is 0 Å². The molecule has 1 aromatic carbocycles. The summed E-state index contributed by atoms with van der Waals surface area (Å²) in [6, 6.07) is 8.70. The van der Waals surface area contributed by atoms with Crippen molar-refractivity contribution >= 4 is 5.97 Å². The van der Waals surface area contributed by atoms with E-state index in [1.165, 1.54) is 0 Å². The van der Waals surface area contributed by atoms with Crippen molar-refractivity contribution in [1.29, 1.82) is 0 Å². The van der Waals surface area contributed by atoms with Gasteiger partial charge < -0.3 is 15.2 Å². The summed E-state index contributed by atoms with van der Waals surface area (Å²) in [7, 11) is 0. The Balaban J connectivity index is 2.64. The molecule has 0 aromatic heterocycles. The van der Waals surface area contributed by atoms with E-state index in [0.717, 1.165) is 5.56 Å². The highest BCUT2D eigenvalue weighted by atomic mass is 16.5. The Morgan fingerprint density at radius 3 is 2.42 bits per heavy atom. The Hall–Kier alpha value is -1.97. The Labute approximate surface area is 114 Å². The molecule has 0 aliphatic carbocycles. The van der Waals surface area contributed by atoms with E-state index in [2.05, 4.69) is 11.9 Å². The molecule has 0 saturated carbocycles. The molecule has 0 aliphatic heterocycles. The molecular weight excluding hydrogens is 242 g/mol. The zero-order chi connectivity index (χ0) is 14.5. The second-order valence-corrected chi connectivity index (χ2v) is 5.36. The monoisotopic (exact) mass is 263 g/mol. The first-order valence-corrected chi connectivity index (χ1v) is 6.19. The van der Waals surface area contributed by atoms with Crippen LogP contribution in [0.2, 0.25) is 0 Å². The maximum absolute atomic E-state index is 11.2. The van der Waals surface area contributed by atoms with Crippen molar-refractivity contribution in [2.45, 2.75) is 38.8 Å². The van der Waals surface area contributed by atoms with Crippen LogP contribution in [-0.4, -0.2) is 22.7 Å². The number of hydrogen-bond donors (Lipinski definition) is 2. The van der Waals surface area contributed by atoms with E-state index in [1.54, 1.807) is 0 Å². The number of carboxylic acids is 1. The zero-order valence-corrected chi connectivity index (χ0v) is 11.6. The second-order valence-electron chi connectivity index (χ2n) is 5.36. The van der Waals surface area contributed by atoms with Crippen LogP contribution < -0.4 is 5.32 Å². The summed E-state index contributed by atoms with van der Waals surface area (Å²) in [6.45, 7) is 9.35. The lowest BCUT2D eigenvalue weighted by Gasteiger charge is -2.25. The lowest BCUT2D eigenvalue weighted by Crippen LogP contribution is -2.39. The summed E-state index contributed by atoms with van der Waals surface area (Å²) in [5.74, 6) is -0.654. The highest BCUT2D eigenvalue weighted by Crippen LogP contribution is 2.12. The van der Waals surface area contributed by atoms with Crippen molar-refractivity contribution in [1.82, 2.24) is 5.32 Å². The predicted octanol–water partition coefficient (Wildman–Crippen LogP) is 2.56. The molecule has 19 heavy (non-hydrogen) atoms. The first-order chi connectivity index (χ1) is 8.78. The minimum Gasteiger partial charge on any atom is -0.480 e. The molecule has 0 aliphatic rings. The summed E-state index contributed by atoms with van der Waals surface area (Å²) < 4.78 is 5.49. The lowest BCUT2D eigenvalue weighted by atomic mass is 10.1. The van der Waals surface area contributed by atoms with Crippen molar-refractivity contribution in [3.05, 3.63) is 48.4 Å². The summed E-state index contributed by atoms with van der Waals surface area (Å²) in [6.07, 6.45) is 0.378. The minimum atomic E-state index is -0.928. The van der Waals surface area contributed by atoms with Crippen LogP contribution in [0.1, 0.15) is 26.3 Å². The summed E-state index contributed by atoms with van der Waals surface area (Å²) >= 11 is 0. The molecule has 0 bridgehead atoms. The van der Waals surface area contributed by atoms with E-state index in [4.69, 9.17) is 4.74 Å². The topological polar surface area (TPSA) is 58.6 Å². The largest absolute Gasteiger partial charge is 0.480 e. The molecule has 1 rings (SSSR count). The number of rotatable bonds is 6. The van der Waals surface area contributed by atoms with Crippen molar-refractivity contribution in [2.75, 3.05) is 0 Å². The number of benzene rings is 1. The molecule has 0 saturated heterocycles. The van der Waals surface area contributed by atoms with Gasteiger partial charge in [-0.25, -0.2) is 4.79 Å². The average Bonchev–Trinajstić information content (AvgIpc) is 2.26. The number of carbonyl (C=O) groups is 1. The molecule has 0 amide bonds. The number of hydrogen-bond acceptors (Lipinski definition) is 3. The number of carboxylic acid groups (broad SMARTS) is 1. The van der Waals surface area contributed by atoms with Gasteiger partial charge in [-0.05, 0) is 32.9 Å². The Bertz CT molecular complexity index is 434. The van der Waals surface area contributed by atoms with Gasteiger partial charge in [-0.3, -0.25) is 0 Å². The molecule has 0 unspecified atom stereocenters. The van der Waals surface area contributed by atoms with Crippen LogP contribution in [0.3, 0.4) is 0 Å². The van der Waals surface area contributed by atoms with Crippen LogP contribution in [0.25, 0.3) is 0 Å². The van der Waals surface area contributed by atoms with Gasteiger partial charge in [0.15, 0.2) is 5.88 Å². The predicted molar refractivity (Wildman–Crippen MR) is 74.7 cm³/mol. The van der Waals surface area contributed by atoms with Crippen LogP contribution in [-0.2, 0) is 16.0 Å². The fourth-order valence-corrected chi connectivity index (χ4v) is 1.64. The van der Waals surface area contributed by atoms with Crippen LogP contribution >= 0.6 is 0 Å². The lowest BCUT2D eigenvalue weighted by molar-refractivity contribution is -0.139. The van der Waals surface area contributed by atoms with E-state index in [9.17, 15) is 9.90 Å². The quantitative estimate of drug-likeness (QED) is 0.774.